The van der Waals surface area contributed by atoms with E-state index in [4.69, 9.17) is 20.8 Å². The molecule has 2 heterocycles. The van der Waals surface area contributed by atoms with Crippen LogP contribution in [0.3, 0.4) is 0 Å². The number of methoxy groups -OCH3 is 1. The maximum Gasteiger partial charge on any atom is 0.340 e. The van der Waals surface area contributed by atoms with Gasteiger partial charge < -0.3 is 9.15 Å². The second-order valence-corrected chi connectivity index (χ2v) is 6.06. The molecule has 0 atom stereocenters. The van der Waals surface area contributed by atoms with Gasteiger partial charge in [-0.2, -0.15) is 5.10 Å². The zero-order chi connectivity index (χ0) is 18.1. The molecule has 0 saturated heterocycles. The second kappa shape index (κ2) is 6.65. The Kier molecular flexibility index (Phi) is 4.18. The summed E-state index contributed by atoms with van der Waals surface area (Å²) in [5, 5.41) is 5.54. The van der Waals surface area contributed by atoms with Gasteiger partial charge in [-0.3, -0.25) is 4.68 Å². The Hall–Kier alpha value is -3.12. The van der Waals surface area contributed by atoms with Gasteiger partial charge in [0.15, 0.2) is 0 Å². The van der Waals surface area contributed by atoms with Gasteiger partial charge in [0.05, 0.1) is 35.6 Å². The lowest BCUT2D eigenvalue weighted by Gasteiger charge is -2.06. The number of carbonyl (C=O) groups is 1. The third-order valence-electron chi connectivity index (χ3n) is 4.03. The molecule has 7 heteroatoms. The molecule has 0 aliphatic rings. The first-order valence-electron chi connectivity index (χ1n) is 7.90. The quantitative estimate of drug-likeness (QED) is 0.506. The zero-order valence-corrected chi connectivity index (χ0v) is 14.6. The van der Waals surface area contributed by atoms with Crippen LogP contribution in [-0.4, -0.2) is 27.8 Å². The fraction of sp³-hybridized carbons (Fsp3) is 0.105. The molecule has 0 spiro atoms. The van der Waals surface area contributed by atoms with Crippen molar-refractivity contribution in [1.82, 2.24) is 14.8 Å². The van der Waals surface area contributed by atoms with Gasteiger partial charge in [-0.1, -0.05) is 29.8 Å². The van der Waals surface area contributed by atoms with Crippen LogP contribution in [0.2, 0.25) is 5.02 Å². The van der Waals surface area contributed by atoms with Crippen LogP contribution in [0.15, 0.2) is 59.3 Å². The Morgan fingerprint density at radius 2 is 2.00 bits per heavy atom. The molecule has 2 aromatic carbocycles. The molecule has 0 amide bonds. The first-order chi connectivity index (χ1) is 12.7. The lowest BCUT2D eigenvalue weighted by Crippen LogP contribution is -2.07. The minimum atomic E-state index is -0.448. The summed E-state index contributed by atoms with van der Waals surface area (Å²) in [6.07, 6.45) is 3.27. The fourth-order valence-electron chi connectivity index (χ4n) is 2.81. The van der Waals surface area contributed by atoms with Crippen molar-refractivity contribution >= 4 is 28.5 Å². The summed E-state index contributed by atoms with van der Waals surface area (Å²) in [6, 6.07) is 12.9. The predicted molar refractivity (Wildman–Crippen MR) is 97.1 cm³/mol. The molecule has 0 saturated carbocycles. The number of esters is 1. The van der Waals surface area contributed by atoms with Gasteiger partial charge >= 0.3 is 5.97 Å². The Labute approximate surface area is 154 Å². The number of ether oxygens (including phenoxy) is 1. The normalized spacial score (nSPS) is 11.0. The van der Waals surface area contributed by atoms with Gasteiger partial charge in [0.1, 0.15) is 12.3 Å². The number of rotatable bonds is 4. The fourth-order valence-corrected chi connectivity index (χ4v) is 3.01. The van der Waals surface area contributed by atoms with E-state index in [0.29, 0.717) is 39.7 Å². The molecule has 0 aliphatic carbocycles. The molecule has 26 heavy (non-hydrogen) atoms. The molecule has 0 N–H and O–H groups in total. The van der Waals surface area contributed by atoms with Gasteiger partial charge in [-0.15, -0.1) is 0 Å². The number of carbonyl (C=O) groups excluding carboxylic acids is 1. The van der Waals surface area contributed by atoms with Crippen molar-refractivity contribution in [3.8, 4) is 11.5 Å². The maximum absolute atomic E-state index is 12.1. The Bertz CT molecular complexity index is 1090. The number of hydrogen-bond acceptors (Lipinski definition) is 5. The summed E-state index contributed by atoms with van der Waals surface area (Å²) in [7, 11) is 1.34. The van der Waals surface area contributed by atoms with Crippen molar-refractivity contribution in [2.75, 3.05) is 7.11 Å². The van der Waals surface area contributed by atoms with Crippen molar-refractivity contribution < 1.29 is 13.9 Å². The summed E-state index contributed by atoms with van der Waals surface area (Å²) in [4.78, 5) is 16.4. The van der Waals surface area contributed by atoms with E-state index >= 15 is 0 Å². The Morgan fingerprint density at radius 3 is 2.77 bits per heavy atom. The van der Waals surface area contributed by atoms with E-state index < -0.39 is 5.97 Å². The van der Waals surface area contributed by atoms with E-state index in [-0.39, 0.29) is 0 Å². The summed E-state index contributed by atoms with van der Waals surface area (Å²) < 4.78 is 12.3. The molecule has 0 aliphatic heterocycles. The number of fused-ring (bicyclic) bond motifs is 1. The van der Waals surface area contributed by atoms with Gasteiger partial charge in [-0.25, -0.2) is 9.78 Å². The third-order valence-corrected chi connectivity index (χ3v) is 4.36. The topological polar surface area (TPSA) is 70.2 Å². The minimum Gasteiger partial charge on any atom is -0.465 e. The standard InChI is InChI=1S/C19H14ClN3O3/c1-25-19(24)14-7-8-16(20)15-10-22-23(17(14)15)11-13-9-21-18(26-13)12-5-3-2-4-6-12/h2-10H,11H2,1H3. The largest absolute Gasteiger partial charge is 0.465 e. The highest BCUT2D eigenvalue weighted by Gasteiger charge is 2.18. The van der Waals surface area contributed by atoms with E-state index in [1.807, 2.05) is 30.3 Å². The smallest absolute Gasteiger partial charge is 0.340 e. The van der Waals surface area contributed by atoms with Crippen LogP contribution in [0.5, 0.6) is 0 Å². The van der Waals surface area contributed by atoms with Crippen LogP contribution in [0, 0.1) is 0 Å². The average molecular weight is 368 g/mol. The van der Waals surface area contributed by atoms with Crippen LogP contribution >= 0.6 is 11.6 Å². The lowest BCUT2D eigenvalue weighted by molar-refractivity contribution is 0.0602. The molecule has 4 rings (SSSR count). The summed E-state index contributed by atoms with van der Waals surface area (Å²) in [5.41, 5.74) is 1.89. The van der Waals surface area contributed by atoms with Gasteiger partial charge in [0.25, 0.3) is 0 Å². The van der Waals surface area contributed by atoms with Crippen LogP contribution < -0.4 is 0 Å². The van der Waals surface area contributed by atoms with E-state index in [2.05, 4.69) is 10.1 Å². The van der Waals surface area contributed by atoms with Crippen molar-refractivity contribution in [1.29, 1.82) is 0 Å². The Morgan fingerprint density at radius 1 is 1.19 bits per heavy atom. The van der Waals surface area contributed by atoms with Crippen molar-refractivity contribution in [3.05, 3.63) is 71.2 Å². The monoisotopic (exact) mass is 367 g/mol. The highest BCUT2D eigenvalue weighted by molar-refractivity contribution is 6.35. The molecule has 0 radical (unpaired) electrons. The SMILES string of the molecule is COC(=O)c1ccc(Cl)c2cnn(Cc3cnc(-c4ccccc4)o3)c12. The average Bonchev–Trinajstić information content (AvgIpc) is 3.31. The highest BCUT2D eigenvalue weighted by atomic mass is 35.5. The van der Waals surface area contributed by atoms with E-state index in [1.165, 1.54) is 7.11 Å². The first-order valence-corrected chi connectivity index (χ1v) is 8.27. The van der Waals surface area contributed by atoms with Crippen molar-refractivity contribution in [2.24, 2.45) is 0 Å². The molecule has 130 valence electrons. The zero-order valence-electron chi connectivity index (χ0n) is 13.8. The number of nitrogens with zero attached hydrogens (tertiary/aromatic N) is 3. The number of benzene rings is 2. The van der Waals surface area contributed by atoms with Gasteiger partial charge in [-0.05, 0) is 24.3 Å². The molecule has 0 bridgehead atoms. The van der Waals surface area contributed by atoms with E-state index in [9.17, 15) is 4.79 Å². The van der Waals surface area contributed by atoms with Crippen LogP contribution in [0.25, 0.3) is 22.4 Å². The van der Waals surface area contributed by atoms with E-state index in [0.717, 1.165) is 5.56 Å². The highest BCUT2D eigenvalue weighted by Crippen LogP contribution is 2.28. The van der Waals surface area contributed by atoms with Crippen LogP contribution in [0.1, 0.15) is 16.1 Å². The number of oxazole rings is 1. The third kappa shape index (κ3) is 2.84. The molecule has 4 aromatic rings. The molecular weight excluding hydrogens is 354 g/mol. The number of hydrogen-bond donors (Lipinski definition) is 0. The molecule has 6 nitrogen and oxygen atoms in total. The minimum absolute atomic E-state index is 0.313. The summed E-state index contributed by atoms with van der Waals surface area (Å²) in [6.45, 7) is 0.313. The number of halogens is 1. The van der Waals surface area contributed by atoms with Gasteiger partial charge in [0.2, 0.25) is 5.89 Å². The predicted octanol–water partition coefficient (Wildman–Crippen LogP) is 4.18. The van der Waals surface area contributed by atoms with Crippen LogP contribution in [0.4, 0.5) is 0 Å². The first kappa shape index (κ1) is 16.4. The van der Waals surface area contributed by atoms with E-state index in [1.54, 1.807) is 29.2 Å². The van der Waals surface area contributed by atoms with Crippen LogP contribution in [-0.2, 0) is 11.3 Å². The molecular formula is C19H14ClN3O3. The second-order valence-electron chi connectivity index (χ2n) is 5.65. The Balaban J connectivity index is 1.73. The molecule has 2 aromatic heterocycles. The van der Waals surface area contributed by atoms with Gasteiger partial charge in [0, 0.05) is 10.9 Å². The maximum atomic E-state index is 12.1. The summed E-state index contributed by atoms with van der Waals surface area (Å²) in [5.74, 6) is 0.698. The molecule has 0 fully saturated rings. The van der Waals surface area contributed by atoms with Crippen molar-refractivity contribution in [3.63, 3.8) is 0 Å². The molecule has 0 unspecified atom stereocenters. The lowest BCUT2D eigenvalue weighted by atomic mass is 10.1. The summed E-state index contributed by atoms with van der Waals surface area (Å²) >= 11 is 6.24. The van der Waals surface area contributed by atoms with Crippen molar-refractivity contribution in [2.45, 2.75) is 6.54 Å². The number of aromatic nitrogens is 3.